The Labute approximate surface area is 127 Å². The molecule has 0 heterocycles. The van der Waals surface area contributed by atoms with Gasteiger partial charge in [0.15, 0.2) is 0 Å². The van der Waals surface area contributed by atoms with Crippen LogP contribution in [-0.4, -0.2) is 18.2 Å². The monoisotopic (exact) mass is 322 g/mol. The molecular formula is C13H17Cl2FN2O2. The zero-order valence-electron chi connectivity index (χ0n) is 11.5. The molecule has 1 aromatic rings. The molecule has 0 saturated carbocycles. The maximum Gasteiger partial charge on any atom is 0.408 e. The van der Waals surface area contributed by atoms with Gasteiger partial charge < -0.3 is 15.8 Å². The third kappa shape index (κ3) is 4.81. The van der Waals surface area contributed by atoms with Gasteiger partial charge >= 0.3 is 6.09 Å². The lowest BCUT2D eigenvalue weighted by molar-refractivity contribution is 0.0505. The van der Waals surface area contributed by atoms with Crippen molar-refractivity contribution < 1.29 is 13.9 Å². The summed E-state index contributed by atoms with van der Waals surface area (Å²) in [6.07, 6.45) is -0.653. The summed E-state index contributed by atoms with van der Waals surface area (Å²) in [4.78, 5) is 11.7. The molecule has 1 unspecified atom stereocenters. The van der Waals surface area contributed by atoms with Crippen LogP contribution in [0.3, 0.4) is 0 Å². The predicted octanol–water partition coefficient (Wildman–Crippen LogP) is 3.66. The average Bonchev–Trinajstić information content (AvgIpc) is 2.29. The second kappa shape index (κ2) is 6.61. The van der Waals surface area contributed by atoms with Crippen molar-refractivity contribution in [2.24, 2.45) is 5.73 Å². The van der Waals surface area contributed by atoms with Crippen molar-refractivity contribution in [3.8, 4) is 0 Å². The highest BCUT2D eigenvalue weighted by Gasteiger charge is 2.22. The van der Waals surface area contributed by atoms with E-state index in [0.717, 1.165) is 6.07 Å². The number of hydrogen-bond acceptors (Lipinski definition) is 3. The molecule has 1 atom stereocenters. The topological polar surface area (TPSA) is 64.3 Å². The third-order valence-electron chi connectivity index (χ3n) is 2.34. The van der Waals surface area contributed by atoms with Gasteiger partial charge in [-0.25, -0.2) is 9.18 Å². The number of ether oxygens (including phenoxy) is 1. The molecule has 4 nitrogen and oxygen atoms in total. The zero-order valence-corrected chi connectivity index (χ0v) is 13.0. The van der Waals surface area contributed by atoms with Gasteiger partial charge in [-0.05, 0) is 38.5 Å². The van der Waals surface area contributed by atoms with E-state index in [4.69, 9.17) is 33.7 Å². The molecule has 3 N–H and O–H groups in total. The number of carbonyl (C=O) groups is 1. The van der Waals surface area contributed by atoms with Crippen LogP contribution in [0.1, 0.15) is 32.4 Å². The van der Waals surface area contributed by atoms with Gasteiger partial charge in [0, 0.05) is 11.6 Å². The minimum Gasteiger partial charge on any atom is -0.444 e. The molecule has 1 aromatic carbocycles. The SMILES string of the molecule is CC(C)(C)OC(=O)NC(CN)c1cc(F)c(Cl)cc1Cl. The van der Waals surface area contributed by atoms with Crippen LogP contribution < -0.4 is 11.1 Å². The van der Waals surface area contributed by atoms with Crippen molar-refractivity contribution in [2.45, 2.75) is 32.4 Å². The highest BCUT2D eigenvalue weighted by molar-refractivity contribution is 6.35. The van der Waals surface area contributed by atoms with Crippen LogP contribution in [0.15, 0.2) is 12.1 Å². The number of halogens is 3. The van der Waals surface area contributed by atoms with Crippen LogP contribution in [-0.2, 0) is 4.74 Å². The van der Waals surface area contributed by atoms with Gasteiger partial charge in [0.05, 0.1) is 11.1 Å². The van der Waals surface area contributed by atoms with Gasteiger partial charge in [-0.3, -0.25) is 0 Å². The fraction of sp³-hybridized carbons (Fsp3) is 0.462. The van der Waals surface area contributed by atoms with Crippen LogP contribution in [0.5, 0.6) is 0 Å². The van der Waals surface area contributed by atoms with Crippen LogP contribution in [0.25, 0.3) is 0 Å². The molecule has 0 aromatic heterocycles. The fourth-order valence-electron chi connectivity index (χ4n) is 1.52. The van der Waals surface area contributed by atoms with Crippen molar-refractivity contribution >= 4 is 29.3 Å². The summed E-state index contributed by atoms with van der Waals surface area (Å²) >= 11 is 11.6. The Bertz CT molecular complexity index is 504. The molecule has 0 saturated heterocycles. The van der Waals surface area contributed by atoms with Gasteiger partial charge in [0.1, 0.15) is 11.4 Å². The zero-order chi connectivity index (χ0) is 15.5. The van der Waals surface area contributed by atoms with Crippen molar-refractivity contribution in [1.82, 2.24) is 5.32 Å². The van der Waals surface area contributed by atoms with Crippen molar-refractivity contribution in [3.63, 3.8) is 0 Å². The lowest BCUT2D eigenvalue weighted by atomic mass is 10.1. The van der Waals surface area contributed by atoms with Gasteiger partial charge in [0.25, 0.3) is 0 Å². The highest BCUT2D eigenvalue weighted by atomic mass is 35.5. The Balaban J connectivity index is 2.92. The quantitative estimate of drug-likeness (QED) is 0.835. The van der Waals surface area contributed by atoms with E-state index in [1.54, 1.807) is 20.8 Å². The molecule has 0 radical (unpaired) electrons. The number of rotatable bonds is 3. The third-order valence-corrected chi connectivity index (χ3v) is 2.96. The number of nitrogens with one attached hydrogen (secondary N) is 1. The molecule has 0 aliphatic carbocycles. The van der Waals surface area contributed by atoms with E-state index in [1.807, 2.05) is 0 Å². The van der Waals surface area contributed by atoms with E-state index in [1.165, 1.54) is 6.07 Å². The molecule has 20 heavy (non-hydrogen) atoms. The molecule has 0 aliphatic heterocycles. The Kier molecular flexibility index (Phi) is 5.62. The maximum absolute atomic E-state index is 13.5. The largest absolute Gasteiger partial charge is 0.444 e. The maximum atomic E-state index is 13.5. The van der Waals surface area contributed by atoms with Crippen molar-refractivity contribution in [2.75, 3.05) is 6.54 Å². The van der Waals surface area contributed by atoms with Gasteiger partial charge in [-0.2, -0.15) is 0 Å². The minimum absolute atomic E-state index is 0.0417. The lowest BCUT2D eigenvalue weighted by Gasteiger charge is -2.23. The Morgan fingerprint density at radius 2 is 2.00 bits per heavy atom. The molecule has 1 rings (SSSR count). The van der Waals surface area contributed by atoms with Crippen LogP contribution >= 0.6 is 23.2 Å². The van der Waals surface area contributed by atoms with Crippen LogP contribution in [0.2, 0.25) is 10.0 Å². The van der Waals surface area contributed by atoms with E-state index in [-0.39, 0.29) is 16.6 Å². The summed E-state index contributed by atoms with van der Waals surface area (Å²) in [5, 5.41) is 2.68. The highest BCUT2D eigenvalue weighted by Crippen LogP contribution is 2.28. The van der Waals surface area contributed by atoms with E-state index in [0.29, 0.717) is 5.56 Å². The van der Waals surface area contributed by atoms with Crippen molar-refractivity contribution in [1.29, 1.82) is 0 Å². The smallest absolute Gasteiger partial charge is 0.408 e. The number of amides is 1. The average molecular weight is 323 g/mol. The molecule has 0 aliphatic rings. The van der Waals surface area contributed by atoms with Gasteiger partial charge in [-0.15, -0.1) is 0 Å². The predicted molar refractivity (Wildman–Crippen MR) is 77.6 cm³/mol. The number of hydrogen-bond donors (Lipinski definition) is 2. The summed E-state index contributed by atoms with van der Waals surface area (Å²) in [5.74, 6) is -0.629. The summed E-state index contributed by atoms with van der Waals surface area (Å²) in [6.45, 7) is 5.25. The molecule has 0 fully saturated rings. The second-order valence-corrected chi connectivity index (χ2v) is 6.04. The number of alkyl carbamates (subject to hydrolysis) is 1. The number of nitrogens with two attached hydrogens (primary N) is 1. The first kappa shape index (κ1) is 17.0. The first-order valence-electron chi connectivity index (χ1n) is 5.98. The summed E-state index contributed by atoms with van der Waals surface area (Å²) in [7, 11) is 0. The van der Waals surface area contributed by atoms with Crippen molar-refractivity contribution in [3.05, 3.63) is 33.6 Å². The normalized spacial score (nSPS) is 12.9. The Hall–Kier alpha value is -1.04. The van der Waals surface area contributed by atoms with E-state index in [9.17, 15) is 9.18 Å². The van der Waals surface area contributed by atoms with E-state index < -0.39 is 23.6 Å². The minimum atomic E-state index is -0.663. The molecule has 0 spiro atoms. The molecule has 0 bridgehead atoms. The van der Waals surface area contributed by atoms with Crippen LogP contribution in [0.4, 0.5) is 9.18 Å². The standard InChI is InChI=1S/C13H17Cl2FN2O2/c1-13(2,3)20-12(19)18-11(6-17)7-4-10(16)9(15)5-8(7)14/h4-5,11H,6,17H2,1-3H3,(H,18,19). The summed E-state index contributed by atoms with van der Waals surface area (Å²) in [5.41, 5.74) is 5.30. The first-order chi connectivity index (χ1) is 9.14. The summed E-state index contributed by atoms with van der Waals surface area (Å²) in [6, 6.07) is 1.76. The molecule has 7 heteroatoms. The fourth-order valence-corrected chi connectivity index (χ4v) is 2.03. The number of carbonyl (C=O) groups excluding carboxylic acids is 1. The van der Waals surface area contributed by atoms with E-state index >= 15 is 0 Å². The Morgan fingerprint density at radius 1 is 1.40 bits per heavy atom. The Morgan fingerprint density at radius 3 is 2.50 bits per heavy atom. The van der Waals surface area contributed by atoms with Crippen LogP contribution in [0, 0.1) is 5.82 Å². The number of benzene rings is 1. The molecule has 1 amide bonds. The summed E-state index contributed by atoms with van der Waals surface area (Å²) < 4.78 is 18.6. The van der Waals surface area contributed by atoms with Gasteiger partial charge in [0.2, 0.25) is 0 Å². The first-order valence-corrected chi connectivity index (χ1v) is 6.73. The molecular weight excluding hydrogens is 306 g/mol. The lowest BCUT2D eigenvalue weighted by Crippen LogP contribution is -2.37. The second-order valence-electron chi connectivity index (χ2n) is 5.22. The van der Waals surface area contributed by atoms with Gasteiger partial charge in [-0.1, -0.05) is 23.2 Å². The van der Waals surface area contributed by atoms with E-state index in [2.05, 4.69) is 5.32 Å². The molecule has 112 valence electrons.